The molecule has 0 radical (unpaired) electrons. The fourth-order valence-electron chi connectivity index (χ4n) is 2.20. The Hall–Kier alpha value is -0.120. The Morgan fingerprint density at radius 3 is 2.53 bits per heavy atom. The van der Waals surface area contributed by atoms with Crippen LogP contribution in [-0.2, 0) is 0 Å². The van der Waals surface area contributed by atoms with Gasteiger partial charge in [-0.3, -0.25) is 0 Å². The van der Waals surface area contributed by atoms with E-state index in [-0.39, 0.29) is 6.10 Å². The molecule has 90 valence electrons. The van der Waals surface area contributed by atoms with E-state index in [1.807, 2.05) is 6.92 Å². The van der Waals surface area contributed by atoms with Crippen molar-refractivity contribution in [3.05, 3.63) is 0 Å². The van der Waals surface area contributed by atoms with Crippen LogP contribution in [0.4, 0.5) is 0 Å². The van der Waals surface area contributed by atoms with Crippen LogP contribution in [0.5, 0.6) is 0 Å². The number of aliphatic hydroxyl groups excluding tert-OH is 1. The molecule has 1 saturated heterocycles. The SMILES string of the molecule is CCCNCCN1CCC(C(C)O)CC1. The molecule has 1 aliphatic rings. The van der Waals surface area contributed by atoms with Crippen molar-refractivity contribution in [1.29, 1.82) is 0 Å². The maximum atomic E-state index is 9.48. The molecule has 0 aromatic carbocycles. The molecular weight excluding hydrogens is 188 g/mol. The Kier molecular flexibility index (Phi) is 6.22. The summed E-state index contributed by atoms with van der Waals surface area (Å²) in [6.45, 7) is 9.82. The Morgan fingerprint density at radius 1 is 1.33 bits per heavy atom. The smallest absolute Gasteiger partial charge is 0.0541 e. The number of hydrogen-bond donors (Lipinski definition) is 2. The van der Waals surface area contributed by atoms with E-state index < -0.39 is 0 Å². The highest BCUT2D eigenvalue weighted by molar-refractivity contribution is 4.75. The monoisotopic (exact) mass is 214 g/mol. The molecule has 1 fully saturated rings. The predicted molar refractivity (Wildman–Crippen MR) is 64.0 cm³/mol. The topological polar surface area (TPSA) is 35.5 Å². The second-order valence-corrected chi connectivity index (χ2v) is 4.67. The lowest BCUT2D eigenvalue weighted by Gasteiger charge is -2.33. The zero-order chi connectivity index (χ0) is 11.1. The van der Waals surface area contributed by atoms with Crippen LogP contribution in [0.25, 0.3) is 0 Å². The summed E-state index contributed by atoms with van der Waals surface area (Å²) in [5, 5.41) is 12.9. The van der Waals surface area contributed by atoms with Gasteiger partial charge in [-0.2, -0.15) is 0 Å². The van der Waals surface area contributed by atoms with Crippen molar-refractivity contribution >= 4 is 0 Å². The molecule has 1 unspecified atom stereocenters. The average molecular weight is 214 g/mol. The van der Waals surface area contributed by atoms with Crippen molar-refractivity contribution in [2.75, 3.05) is 32.7 Å². The van der Waals surface area contributed by atoms with Crippen molar-refractivity contribution in [3.8, 4) is 0 Å². The van der Waals surface area contributed by atoms with Crippen LogP contribution in [0.1, 0.15) is 33.1 Å². The number of aliphatic hydroxyl groups is 1. The minimum atomic E-state index is -0.120. The molecule has 0 aromatic heterocycles. The van der Waals surface area contributed by atoms with E-state index >= 15 is 0 Å². The highest BCUT2D eigenvalue weighted by Crippen LogP contribution is 2.19. The molecule has 2 N–H and O–H groups in total. The number of nitrogens with one attached hydrogen (secondary N) is 1. The lowest BCUT2D eigenvalue weighted by atomic mass is 9.92. The summed E-state index contributed by atoms with van der Waals surface area (Å²) in [5.41, 5.74) is 0. The number of likely N-dealkylation sites (tertiary alicyclic amines) is 1. The van der Waals surface area contributed by atoms with Crippen LogP contribution in [0.2, 0.25) is 0 Å². The molecule has 1 aliphatic heterocycles. The Labute approximate surface area is 93.9 Å². The van der Waals surface area contributed by atoms with E-state index in [1.165, 1.54) is 6.42 Å². The first-order chi connectivity index (χ1) is 7.24. The molecule has 0 saturated carbocycles. The predicted octanol–water partition coefficient (Wildman–Crippen LogP) is 1.08. The molecule has 0 aliphatic carbocycles. The van der Waals surface area contributed by atoms with Gasteiger partial charge in [-0.05, 0) is 51.7 Å². The van der Waals surface area contributed by atoms with E-state index in [2.05, 4.69) is 17.1 Å². The number of nitrogens with zero attached hydrogens (tertiary/aromatic N) is 1. The van der Waals surface area contributed by atoms with Gasteiger partial charge < -0.3 is 15.3 Å². The quantitative estimate of drug-likeness (QED) is 0.650. The molecule has 3 heteroatoms. The van der Waals surface area contributed by atoms with Gasteiger partial charge in [0.2, 0.25) is 0 Å². The molecule has 1 atom stereocenters. The van der Waals surface area contributed by atoms with Gasteiger partial charge in [-0.1, -0.05) is 6.92 Å². The minimum absolute atomic E-state index is 0.120. The largest absolute Gasteiger partial charge is 0.393 e. The fourth-order valence-corrected chi connectivity index (χ4v) is 2.20. The fraction of sp³-hybridized carbons (Fsp3) is 1.00. The zero-order valence-corrected chi connectivity index (χ0v) is 10.2. The van der Waals surface area contributed by atoms with E-state index in [0.29, 0.717) is 5.92 Å². The van der Waals surface area contributed by atoms with Crippen molar-refractivity contribution in [1.82, 2.24) is 10.2 Å². The van der Waals surface area contributed by atoms with Crippen molar-refractivity contribution in [2.24, 2.45) is 5.92 Å². The Morgan fingerprint density at radius 2 is 2.00 bits per heavy atom. The molecule has 1 heterocycles. The summed E-state index contributed by atoms with van der Waals surface area (Å²) in [4.78, 5) is 2.50. The molecule has 15 heavy (non-hydrogen) atoms. The summed E-state index contributed by atoms with van der Waals surface area (Å²) < 4.78 is 0. The molecule has 0 spiro atoms. The minimum Gasteiger partial charge on any atom is -0.393 e. The highest BCUT2D eigenvalue weighted by atomic mass is 16.3. The van der Waals surface area contributed by atoms with E-state index in [9.17, 15) is 5.11 Å². The van der Waals surface area contributed by atoms with Crippen molar-refractivity contribution in [3.63, 3.8) is 0 Å². The van der Waals surface area contributed by atoms with Gasteiger partial charge in [0.15, 0.2) is 0 Å². The first-order valence-electron chi connectivity index (χ1n) is 6.35. The standard InChI is InChI=1S/C12H26N2O/c1-3-6-13-7-10-14-8-4-12(5-9-14)11(2)15/h11-13,15H,3-10H2,1-2H3. The third kappa shape index (κ3) is 4.96. The lowest BCUT2D eigenvalue weighted by Crippen LogP contribution is -2.40. The van der Waals surface area contributed by atoms with Crippen LogP contribution < -0.4 is 5.32 Å². The summed E-state index contributed by atoms with van der Waals surface area (Å²) in [5.74, 6) is 0.532. The van der Waals surface area contributed by atoms with Crippen LogP contribution in [0.15, 0.2) is 0 Å². The number of piperidine rings is 1. The Bertz CT molecular complexity index is 154. The van der Waals surface area contributed by atoms with Gasteiger partial charge in [0.05, 0.1) is 6.10 Å². The summed E-state index contributed by atoms with van der Waals surface area (Å²) in [7, 11) is 0. The second kappa shape index (κ2) is 7.20. The third-order valence-corrected chi connectivity index (χ3v) is 3.35. The van der Waals surface area contributed by atoms with E-state index in [1.54, 1.807) is 0 Å². The van der Waals surface area contributed by atoms with E-state index in [4.69, 9.17) is 0 Å². The Balaban J connectivity index is 2.04. The summed E-state index contributed by atoms with van der Waals surface area (Å²) in [6.07, 6.45) is 3.41. The van der Waals surface area contributed by atoms with Crippen LogP contribution >= 0.6 is 0 Å². The average Bonchev–Trinajstić information content (AvgIpc) is 2.25. The number of rotatable bonds is 6. The second-order valence-electron chi connectivity index (χ2n) is 4.67. The van der Waals surface area contributed by atoms with Crippen molar-refractivity contribution in [2.45, 2.75) is 39.2 Å². The molecule has 3 nitrogen and oxygen atoms in total. The molecule has 0 amide bonds. The third-order valence-electron chi connectivity index (χ3n) is 3.35. The summed E-state index contributed by atoms with van der Waals surface area (Å²) in [6, 6.07) is 0. The number of hydrogen-bond acceptors (Lipinski definition) is 3. The van der Waals surface area contributed by atoms with Crippen molar-refractivity contribution < 1.29 is 5.11 Å². The van der Waals surface area contributed by atoms with Gasteiger partial charge >= 0.3 is 0 Å². The zero-order valence-electron chi connectivity index (χ0n) is 10.2. The van der Waals surface area contributed by atoms with Gasteiger partial charge in [0.1, 0.15) is 0 Å². The van der Waals surface area contributed by atoms with Gasteiger partial charge in [-0.25, -0.2) is 0 Å². The lowest BCUT2D eigenvalue weighted by molar-refractivity contribution is 0.0722. The summed E-state index contributed by atoms with van der Waals surface area (Å²) >= 11 is 0. The van der Waals surface area contributed by atoms with Crippen LogP contribution in [0.3, 0.4) is 0 Å². The highest BCUT2D eigenvalue weighted by Gasteiger charge is 2.21. The molecule has 1 rings (SSSR count). The van der Waals surface area contributed by atoms with E-state index in [0.717, 1.165) is 45.6 Å². The molecular formula is C12H26N2O. The normalized spacial score (nSPS) is 21.8. The van der Waals surface area contributed by atoms with Gasteiger partial charge in [0, 0.05) is 13.1 Å². The molecule has 0 bridgehead atoms. The van der Waals surface area contributed by atoms with Crippen LogP contribution in [-0.4, -0.2) is 48.8 Å². The maximum absolute atomic E-state index is 9.48. The van der Waals surface area contributed by atoms with Crippen LogP contribution in [0, 0.1) is 5.92 Å². The molecule has 0 aromatic rings. The maximum Gasteiger partial charge on any atom is 0.0541 e. The van der Waals surface area contributed by atoms with Gasteiger partial charge in [0.25, 0.3) is 0 Å². The first kappa shape index (κ1) is 12.9. The first-order valence-corrected chi connectivity index (χ1v) is 6.35. The van der Waals surface area contributed by atoms with Gasteiger partial charge in [-0.15, -0.1) is 0 Å².